The maximum atomic E-state index is 9.83. The van der Waals surface area contributed by atoms with Crippen molar-refractivity contribution < 1.29 is 0 Å². The quantitative estimate of drug-likeness (QED) is 0.129. The van der Waals surface area contributed by atoms with Crippen LogP contribution in [0.25, 0.3) is 52.8 Å². The molecule has 1 aliphatic rings. The fraction of sp³-hybridized carbons (Fsp3) is 0.211. The van der Waals surface area contributed by atoms with Gasteiger partial charge in [-0.05, 0) is 72.5 Å². The van der Waals surface area contributed by atoms with E-state index < -0.39 is 0 Å². The second-order valence-corrected chi connectivity index (χ2v) is 16.7. The van der Waals surface area contributed by atoms with Gasteiger partial charge in [0.2, 0.25) is 0 Å². The summed E-state index contributed by atoms with van der Waals surface area (Å²) in [5.41, 5.74) is 8.62. The minimum absolute atomic E-state index is 0.131. The smallest absolute Gasteiger partial charge is 0.150 e. The average Bonchev–Trinajstić information content (AvgIpc) is 3.96. The van der Waals surface area contributed by atoms with Crippen molar-refractivity contribution in [3.8, 4) is 53.9 Å². The normalized spacial score (nSPS) is 12.2. The molecule has 0 amide bonds. The van der Waals surface area contributed by atoms with Gasteiger partial charge in [-0.15, -0.1) is 22.7 Å². The minimum Gasteiger partial charge on any atom is -0.375 e. The number of fused-ring (bicyclic) bond motifs is 2. The molecule has 0 saturated heterocycles. The number of aromatic nitrogens is 2. The number of thiophene rings is 2. The Morgan fingerprint density at radius 3 is 1.41 bits per heavy atom. The van der Waals surface area contributed by atoms with Crippen LogP contribution in [0.15, 0.2) is 92.4 Å². The number of benzene rings is 3. The molecule has 1 aliphatic heterocycles. The average molecular weight is 733 g/mol. The van der Waals surface area contributed by atoms with Crippen molar-refractivity contribution in [1.29, 1.82) is 10.5 Å². The third kappa shape index (κ3) is 6.38. The molecule has 0 unspecified atom stereocenters. The molecule has 6 nitrogen and oxygen atoms in total. The number of nitrogens with zero attached hydrogens (tertiary/aromatic N) is 6. The zero-order chi connectivity index (χ0) is 34.1. The Morgan fingerprint density at radius 2 is 1.02 bits per heavy atom. The van der Waals surface area contributed by atoms with Crippen molar-refractivity contribution in [1.82, 2.24) is 8.75 Å². The van der Waals surface area contributed by atoms with Gasteiger partial charge in [0.25, 0.3) is 0 Å². The van der Waals surface area contributed by atoms with Crippen LogP contribution in [-0.4, -0.2) is 35.9 Å². The van der Waals surface area contributed by atoms with Gasteiger partial charge in [0.05, 0.1) is 16.0 Å². The molecule has 6 aromatic rings. The largest absolute Gasteiger partial charge is 0.375 e. The van der Waals surface area contributed by atoms with E-state index in [4.69, 9.17) is 8.75 Å². The van der Waals surface area contributed by atoms with E-state index in [2.05, 4.69) is 123 Å². The van der Waals surface area contributed by atoms with E-state index in [0.29, 0.717) is 4.24 Å². The van der Waals surface area contributed by atoms with Crippen molar-refractivity contribution in [2.24, 2.45) is 0 Å². The predicted octanol–water partition coefficient (Wildman–Crippen LogP) is 11.6. The first kappa shape index (κ1) is 33.4. The second kappa shape index (κ2) is 14.4. The summed E-state index contributed by atoms with van der Waals surface area (Å²) >= 11 is 7.70. The number of hydrogen-bond donors (Lipinski definition) is 0. The molecule has 244 valence electrons. The molecule has 0 N–H and O–H groups in total. The number of allylic oxidation sites excluding steroid dienone is 1. The molecule has 0 fully saturated rings. The summed E-state index contributed by atoms with van der Waals surface area (Å²) in [6.07, 6.45) is 2.21. The number of nitriles is 2. The van der Waals surface area contributed by atoms with Gasteiger partial charge in [0.1, 0.15) is 28.7 Å². The molecule has 11 heteroatoms. The predicted molar refractivity (Wildman–Crippen MR) is 212 cm³/mol. The van der Waals surface area contributed by atoms with Crippen LogP contribution in [0.1, 0.15) is 26.7 Å². The first-order chi connectivity index (χ1) is 23.9. The number of hydrogen-bond acceptors (Lipinski definition) is 11. The van der Waals surface area contributed by atoms with Crippen LogP contribution in [-0.2, 0) is 0 Å². The fourth-order valence-corrected chi connectivity index (χ4v) is 11.5. The van der Waals surface area contributed by atoms with Crippen LogP contribution in [0.5, 0.6) is 0 Å². The van der Waals surface area contributed by atoms with Crippen LogP contribution in [0, 0.1) is 22.7 Å². The summed E-state index contributed by atoms with van der Waals surface area (Å²) in [7, 11) is 4.26. The summed E-state index contributed by atoms with van der Waals surface area (Å²) in [5.74, 6) is 0. The number of anilines is 2. The van der Waals surface area contributed by atoms with E-state index >= 15 is 0 Å². The van der Waals surface area contributed by atoms with E-state index in [1.807, 2.05) is 0 Å². The van der Waals surface area contributed by atoms with Crippen LogP contribution < -0.4 is 9.80 Å². The number of rotatable bonds is 10. The summed E-state index contributed by atoms with van der Waals surface area (Å²) in [4.78, 5) is 11.1. The molecule has 4 heterocycles. The fourth-order valence-electron chi connectivity index (χ4n) is 5.98. The number of thioether (sulfide) groups is 2. The van der Waals surface area contributed by atoms with Gasteiger partial charge >= 0.3 is 0 Å². The van der Waals surface area contributed by atoms with Gasteiger partial charge in [0, 0.05) is 79.0 Å². The van der Waals surface area contributed by atoms with Crippen LogP contribution >= 0.6 is 57.9 Å². The van der Waals surface area contributed by atoms with E-state index in [9.17, 15) is 10.5 Å². The summed E-state index contributed by atoms with van der Waals surface area (Å²) in [6, 6.07) is 30.4. The van der Waals surface area contributed by atoms with Crippen molar-refractivity contribution in [2.45, 2.75) is 36.5 Å². The highest BCUT2D eigenvalue weighted by atomic mass is 32.2. The molecular formula is C38H32N6S5. The van der Waals surface area contributed by atoms with E-state index in [0.717, 1.165) is 67.6 Å². The van der Waals surface area contributed by atoms with Crippen LogP contribution in [0.2, 0.25) is 0 Å². The maximum Gasteiger partial charge on any atom is 0.150 e. The second-order valence-electron chi connectivity index (χ2n) is 11.7. The molecule has 3 aromatic carbocycles. The Hall–Kier alpha value is -4.10. The van der Waals surface area contributed by atoms with Crippen molar-refractivity contribution in [3.63, 3.8) is 0 Å². The molecule has 0 bridgehead atoms. The third-order valence-corrected chi connectivity index (χ3v) is 13.9. The van der Waals surface area contributed by atoms with Crippen molar-refractivity contribution >= 4 is 80.3 Å². The first-order valence-electron chi connectivity index (χ1n) is 16.0. The summed E-state index contributed by atoms with van der Waals surface area (Å²) in [6.45, 7) is 6.42. The Bertz CT molecular complexity index is 2110. The lowest BCUT2D eigenvalue weighted by Crippen LogP contribution is -2.17. The lowest BCUT2D eigenvalue weighted by Gasteiger charge is -2.18. The molecule has 0 radical (unpaired) electrons. The molecule has 0 atom stereocenters. The molecule has 49 heavy (non-hydrogen) atoms. The zero-order valence-corrected chi connectivity index (χ0v) is 31.6. The van der Waals surface area contributed by atoms with Gasteiger partial charge in [0.15, 0.2) is 0 Å². The Kier molecular flexibility index (Phi) is 9.82. The van der Waals surface area contributed by atoms with E-state index in [1.165, 1.54) is 67.5 Å². The highest BCUT2D eigenvalue weighted by Gasteiger charge is 2.33. The Labute approximate surface area is 307 Å². The van der Waals surface area contributed by atoms with E-state index in [1.54, 1.807) is 22.7 Å². The maximum absolute atomic E-state index is 9.83. The van der Waals surface area contributed by atoms with Gasteiger partial charge in [-0.1, -0.05) is 61.6 Å². The zero-order valence-electron chi connectivity index (χ0n) is 27.5. The third-order valence-electron chi connectivity index (χ3n) is 8.45. The molecule has 0 saturated carbocycles. The first-order valence-corrected chi connectivity index (χ1v) is 20.0. The Balaban J connectivity index is 1.32. The highest BCUT2D eigenvalue weighted by molar-refractivity contribution is 8.25. The monoisotopic (exact) mass is 732 g/mol. The van der Waals surface area contributed by atoms with Crippen molar-refractivity contribution in [2.75, 3.05) is 37.0 Å². The van der Waals surface area contributed by atoms with Crippen LogP contribution in [0.4, 0.5) is 11.4 Å². The molecule has 0 aliphatic carbocycles. The van der Waals surface area contributed by atoms with Gasteiger partial charge in [-0.3, -0.25) is 0 Å². The topological polar surface area (TPSA) is 79.8 Å². The Morgan fingerprint density at radius 1 is 0.612 bits per heavy atom. The summed E-state index contributed by atoms with van der Waals surface area (Å²) in [5, 5.41) is 19.7. The standard InChI is InChI=1S/C38H32N6S5/c1-5-19-43(3)26-11-7-23(8-12-26)28-15-17-30(45-28)32-34-35(42-49-41-34)33(37-36(32)47-38(48-37)25(21-39)22-40)31-18-16-29(46-31)24-9-13-27(14-10-24)44(4)20-6-2/h7-18H,5-6,19-20H2,1-4H3. The highest BCUT2D eigenvalue weighted by Crippen LogP contribution is 2.61. The lowest BCUT2D eigenvalue weighted by atomic mass is 10.0. The summed E-state index contributed by atoms with van der Waals surface area (Å²) < 4.78 is 10.4. The molecular weight excluding hydrogens is 701 g/mol. The minimum atomic E-state index is 0.131. The lowest BCUT2D eigenvalue weighted by molar-refractivity contribution is 0.852. The van der Waals surface area contributed by atoms with Gasteiger partial charge in [-0.25, -0.2) is 0 Å². The molecule has 7 rings (SSSR count). The van der Waals surface area contributed by atoms with Gasteiger partial charge < -0.3 is 9.80 Å². The SMILES string of the molecule is CCCN(C)c1ccc(-c2ccc(-c3c4c(c(-c5ccc(-c6ccc(N(C)CCC)cc6)s5)c5nsnc35)SC(=C(C#N)C#N)S4)s2)cc1. The van der Waals surface area contributed by atoms with E-state index in [-0.39, 0.29) is 5.57 Å². The van der Waals surface area contributed by atoms with Crippen molar-refractivity contribution in [3.05, 3.63) is 82.6 Å². The van der Waals surface area contributed by atoms with Gasteiger partial charge in [-0.2, -0.15) is 19.3 Å². The molecule has 0 spiro atoms. The molecule has 3 aromatic heterocycles. The van der Waals surface area contributed by atoms with Crippen LogP contribution in [0.3, 0.4) is 0 Å².